The van der Waals surface area contributed by atoms with Gasteiger partial charge in [0.2, 0.25) is 5.16 Å². The Morgan fingerprint density at radius 3 is 2.70 bits per heavy atom. The maximum Gasteiger partial charge on any atom is 0.215 e. The number of halogens is 1. The Hall–Kier alpha value is -1.73. The van der Waals surface area contributed by atoms with E-state index in [-0.39, 0.29) is 0 Å². The van der Waals surface area contributed by atoms with Gasteiger partial charge in [0.25, 0.3) is 0 Å². The molecule has 20 heavy (non-hydrogen) atoms. The summed E-state index contributed by atoms with van der Waals surface area (Å²) in [7, 11) is 0. The summed E-state index contributed by atoms with van der Waals surface area (Å²) in [6.45, 7) is 0. The summed E-state index contributed by atoms with van der Waals surface area (Å²) in [4.78, 5) is 0. The van der Waals surface area contributed by atoms with Crippen LogP contribution in [0.15, 0.2) is 34.4 Å². The zero-order valence-corrected chi connectivity index (χ0v) is 11.8. The first-order valence-electron chi connectivity index (χ1n) is 6.19. The van der Waals surface area contributed by atoms with E-state index in [4.69, 9.17) is 11.6 Å². The lowest BCUT2D eigenvalue weighted by Gasteiger charge is -2.05. The van der Waals surface area contributed by atoms with Gasteiger partial charge in [-0.05, 0) is 35.0 Å². The third kappa shape index (κ3) is 2.03. The highest BCUT2D eigenvalue weighted by Crippen LogP contribution is 2.39. The normalized spacial score (nSPS) is 14.8. The third-order valence-electron chi connectivity index (χ3n) is 3.15. The molecule has 8 heteroatoms. The standard InChI is InChI=1S/C12H9ClN6S/c13-10-8-3-1-2-4-9(8)11(15-14-10)20-12-16-17-18-19(12)7-5-6-7/h1-4,7H,5-6H2. The maximum absolute atomic E-state index is 6.07. The molecule has 1 fully saturated rings. The third-order valence-corrected chi connectivity index (χ3v) is 4.38. The molecule has 0 unspecified atom stereocenters. The lowest BCUT2D eigenvalue weighted by Crippen LogP contribution is -1.99. The first-order chi connectivity index (χ1) is 9.83. The topological polar surface area (TPSA) is 69.4 Å². The molecule has 0 radical (unpaired) electrons. The summed E-state index contributed by atoms with van der Waals surface area (Å²) in [5.74, 6) is 0. The molecule has 2 aromatic heterocycles. The molecule has 0 spiro atoms. The van der Waals surface area contributed by atoms with Crippen molar-refractivity contribution in [3.05, 3.63) is 29.4 Å². The number of fused-ring (bicyclic) bond motifs is 1. The monoisotopic (exact) mass is 304 g/mol. The van der Waals surface area contributed by atoms with Gasteiger partial charge in [0.1, 0.15) is 5.03 Å². The highest BCUT2D eigenvalue weighted by atomic mass is 35.5. The fraction of sp³-hybridized carbons (Fsp3) is 0.250. The Morgan fingerprint density at radius 2 is 1.90 bits per heavy atom. The van der Waals surface area contributed by atoms with E-state index in [2.05, 4.69) is 25.7 Å². The van der Waals surface area contributed by atoms with Gasteiger partial charge in [0.05, 0.1) is 6.04 Å². The Labute approximate surface area is 123 Å². The second-order valence-corrected chi connectivity index (χ2v) is 5.89. The van der Waals surface area contributed by atoms with Gasteiger partial charge < -0.3 is 0 Å². The number of nitrogens with zero attached hydrogens (tertiary/aromatic N) is 6. The summed E-state index contributed by atoms with van der Waals surface area (Å²) in [6, 6.07) is 8.22. The molecule has 0 amide bonds. The van der Waals surface area contributed by atoms with E-state index in [9.17, 15) is 0 Å². The van der Waals surface area contributed by atoms with Crippen LogP contribution in [0.2, 0.25) is 5.15 Å². The lowest BCUT2D eigenvalue weighted by molar-refractivity contribution is 0.565. The fourth-order valence-electron chi connectivity index (χ4n) is 2.01. The van der Waals surface area contributed by atoms with Gasteiger partial charge in [-0.3, -0.25) is 0 Å². The van der Waals surface area contributed by atoms with E-state index in [1.54, 1.807) is 0 Å². The van der Waals surface area contributed by atoms with Crippen LogP contribution in [0.3, 0.4) is 0 Å². The first kappa shape index (κ1) is 12.0. The number of hydrogen-bond acceptors (Lipinski definition) is 6. The predicted octanol–water partition coefficient (Wildman–Crippen LogP) is 2.76. The van der Waals surface area contributed by atoms with Crippen molar-refractivity contribution >= 4 is 34.1 Å². The first-order valence-corrected chi connectivity index (χ1v) is 7.39. The summed E-state index contributed by atoms with van der Waals surface area (Å²) < 4.78 is 1.86. The lowest BCUT2D eigenvalue weighted by atomic mass is 10.2. The summed E-state index contributed by atoms with van der Waals surface area (Å²) in [5.41, 5.74) is 0. The second kappa shape index (κ2) is 4.68. The van der Waals surface area contributed by atoms with Crippen molar-refractivity contribution in [2.45, 2.75) is 29.1 Å². The van der Waals surface area contributed by atoms with Crippen LogP contribution in [-0.2, 0) is 0 Å². The van der Waals surface area contributed by atoms with Gasteiger partial charge in [-0.2, -0.15) is 0 Å². The molecule has 0 aliphatic heterocycles. The summed E-state index contributed by atoms with van der Waals surface area (Å²) >= 11 is 7.50. The molecule has 0 saturated heterocycles. The summed E-state index contributed by atoms with van der Waals surface area (Å²) in [6.07, 6.45) is 2.26. The Bertz CT molecular complexity index is 784. The number of hydrogen-bond donors (Lipinski definition) is 0. The van der Waals surface area contributed by atoms with E-state index in [0.717, 1.165) is 33.8 Å². The fourth-order valence-corrected chi connectivity index (χ4v) is 3.11. The maximum atomic E-state index is 6.07. The highest BCUT2D eigenvalue weighted by molar-refractivity contribution is 7.99. The van der Waals surface area contributed by atoms with E-state index < -0.39 is 0 Å². The minimum absolute atomic E-state index is 0.409. The van der Waals surface area contributed by atoms with E-state index in [1.807, 2.05) is 28.9 Å². The van der Waals surface area contributed by atoms with Crippen molar-refractivity contribution in [3.63, 3.8) is 0 Å². The second-order valence-electron chi connectivity index (χ2n) is 4.58. The minimum atomic E-state index is 0.409. The number of aromatic nitrogens is 6. The SMILES string of the molecule is Clc1nnc(Sc2nnnn2C2CC2)c2ccccc12. The average molecular weight is 305 g/mol. The van der Waals surface area contributed by atoms with Crippen molar-refractivity contribution in [3.8, 4) is 0 Å². The minimum Gasteiger partial charge on any atom is -0.217 e. The Kier molecular flexibility index (Phi) is 2.82. The largest absolute Gasteiger partial charge is 0.217 e. The van der Waals surface area contributed by atoms with Crippen LogP contribution in [0.4, 0.5) is 0 Å². The molecule has 1 aliphatic rings. The van der Waals surface area contributed by atoms with Crippen molar-refractivity contribution < 1.29 is 0 Å². The molecule has 6 nitrogen and oxygen atoms in total. The molecule has 0 N–H and O–H groups in total. The van der Waals surface area contributed by atoms with Gasteiger partial charge in [0.15, 0.2) is 5.15 Å². The molecule has 100 valence electrons. The van der Waals surface area contributed by atoms with Gasteiger partial charge in [-0.25, -0.2) is 4.68 Å². The smallest absolute Gasteiger partial charge is 0.215 e. The average Bonchev–Trinajstić information content (AvgIpc) is 3.22. The molecular weight excluding hydrogens is 296 g/mol. The van der Waals surface area contributed by atoms with E-state index in [1.165, 1.54) is 11.8 Å². The van der Waals surface area contributed by atoms with Crippen LogP contribution in [0, 0.1) is 0 Å². The zero-order valence-electron chi connectivity index (χ0n) is 10.3. The highest BCUT2D eigenvalue weighted by Gasteiger charge is 2.28. The van der Waals surface area contributed by atoms with E-state index in [0.29, 0.717) is 11.2 Å². The molecule has 0 bridgehead atoms. The van der Waals surface area contributed by atoms with Crippen LogP contribution in [0.25, 0.3) is 10.8 Å². The molecule has 1 aromatic carbocycles. The number of rotatable bonds is 3. The van der Waals surface area contributed by atoms with Crippen molar-refractivity contribution in [1.29, 1.82) is 0 Å². The van der Waals surface area contributed by atoms with E-state index >= 15 is 0 Å². The van der Waals surface area contributed by atoms with Crippen molar-refractivity contribution in [1.82, 2.24) is 30.4 Å². The molecule has 2 heterocycles. The van der Waals surface area contributed by atoms with Gasteiger partial charge >= 0.3 is 0 Å². The van der Waals surface area contributed by atoms with Gasteiger partial charge in [-0.1, -0.05) is 35.9 Å². The number of tetrazole rings is 1. The molecule has 1 saturated carbocycles. The van der Waals surface area contributed by atoms with Crippen LogP contribution >= 0.6 is 23.4 Å². The number of benzene rings is 1. The molecule has 3 aromatic rings. The van der Waals surface area contributed by atoms with Crippen molar-refractivity contribution in [2.24, 2.45) is 0 Å². The zero-order chi connectivity index (χ0) is 13.5. The van der Waals surface area contributed by atoms with Gasteiger partial charge in [-0.15, -0.1) is 15.3 Å². The molecule has 1 aliphatic carbocycles. The van der Waals surface area contributed by atoms with Gasteiger partial charge in [0, 0.05) is 10.8 Å². The van der Waals surface area contributed by atoms with Crippen LogP contribution < -0.4 is 0 Å². The quantitative estimate of drug-likeness (QED) is 0.741. The Balaban J connectivity index is 1.79. The van der Waals surface area contributed by atoms with Crippen LogP contribution in [0.5, 0.6) is 0 Å². The van der Waals surface area contributed by atoms with Crippen molar-refractivity contribution in [2.75, 3.05) is 0 Å². The van der Waals surface area contributed by atoms with Crippen LogP contribution in [0.1, 0.15) is 18.9 Å². The molecule has 0 atom stereocenters. The van der Waals surface area contributed by atoms with Crippen LogP contribution in [-0.4, -0.2) is 30.4 Å². The molecule has 4 rings (SSSR count). The molecular formula is C12H9ClN6S. The Morgan fingerprint density at radius 1 is 1.10 bits per heavy atom. The predicted molar refractivity (Wildman–Crippen MR) is 74.8 cm³/mol. The summed E-state index contributed by atoms with van der Waals surface area (Å²) in [5, 5.41) is 23.8.